The Kier molecular flexibility index (Phi) is 8.50. The van der Waals surface area contributed by atoms with Crippen molar-refractivity contribution in [2.45, 2.75) is 101 Å². The fraction of sp³-hybridized carbons (Fsp3) is 0.739. The van der Waals surface area contributed by atoms with Gasteiger partial charge in [-0.25, -0.2) is 0 Å². The topological polar surface area (TPSA) is 32.7 Å². The van der Waals surface area contributed by atoms with Crippen molar-refractivity contribution in [3.63, 3.8) is 0 Å². The molecule has 2 saturated carbocycles. The van der Waals surface area contributed by atoms with E-state index in [1.807, 2.05) is 0 Å². The molecule has 0 spiro atoms. The van der Waals surface area contributed by atoms with Crippen molar-refractivity contribution in [2.75, 3.05) is 6.54 Å². The van der Waals surface area contributed by atoms with Gasteiger partial charge in [-0.1, -0.05) is 37.1 Å². The molecule has 1 aromatic rings. The molecule has 34 heavy (non-hydrogen) atoms. The number of hydrogen-bond acceptors (Lipinski definition) is 3. The fourth-order valence-electron chi connectivity index (χ4n) is 4.88. The molecule has 0 radical (unpaired) electrons. The van der Waals surface area contributed by atoms with E-state index in [4.69, 9.17) is 4.74 Å². The monoisotopic (exact) mass is 503 g/mol. The number of aliphatic hydroxyl groups excluding tert-OH is 1. The zero-order chi connectivity index (χ0) is 25.1. The first kappa shape index (κ1) is 27.1. The maximum Gasteiger partial charge on any atom is 0.458 e. The molecule has 2 fully saturated rings. The van der Waals surface area contributed by atoms with Crippen LogP contribution in [0.15, 0.2) is 24.3 Å². The zero-order valence-corrected chi connectivity index (χ0v) is 18.5. The number of nitrogens with zero attached hydrogens (tertiary/aromatic N) is 1. The third kappa shape index (κ3) is 6.60. The van der Waals surface area contributed by atoms with Crippen molar-refractivity contribution >= 4 is 0 Å². The summed E-state index contributed by atoms with van der Waals surface area (Å²) in [5, 5.41) is 9.69. The van der Waals surface area contributed by atoms with Crippen LogP contribution in [0.3, 0.4) is 0 Å². The van der Waals surface area contributed by atoms with Crippen molar-refractivity contribution in [3.05, 3.63) is 35.4 Å². The first-order valence-electron chi connectivity index (χ1n) is 11.5. The lowest BCUT2D eigenvalue weighted by Crippen LogP contribution is -2.48. The first-order valence-corrected chi connectivity index (χ1v) is 11.5. The number of hydrogen-bond donors (Lipinski definition) is 1. The van der Waals surface area contributed by atoms with Gasteiger partial charge in [0.2, 0.25) is 0 Å². The second kappa shape index (κ2) is 10.7. The predicted molar refractivity (Wildman–Crippen MR) is 108 cm³/mol. The van der Waals surface area contributed by atoms with Gasteiger partial charge in [0.25, 0.3) is 0 Å². The van der Waals surface area contributed by atoms with Gasteiger partial charge in [-0.15, -0.1) is 0 Å². The molecule has 3 atom stereocenters. The highest BCUT2D eigenvalue weighted by atomic mass is 19.4. The molecular formula is C23H29F8NO2. The number of aliphatic hydroxyl groups is 1. The van der Waals surface area contributed by atoms with Crippen LogP contribution < -0.4 is 0 Å². The highest BCUT2D eigenvalue weighted by Gasteiger charge is 2.59. The zero-order valence-electron chi connectivity index (χ0n) is 18.5. The van der Waals surface area contributed by atoms with Crippen LogP contribution in [0.2, 0.25) is 0 Å². The smallest absolute Gasteiger partial charge is 0.382 e. The van der Waals surface area contributed by atoms with Crippen LogP contribution in [0.1, 0.15) is 62.5 Å². The van der Waals surface area contributed by atoms with Gasteiger partial charge in [0.15, 0.2) is 6.10 Å². The number of benzene rings is 1. The normalized spacial score (nSPS) is 24.1. The number of rotatable bonds is 8. The summed E-state index contributed by atoms with van der Waals surface area (Å²) in [6.45, 7) is -1.52. The van der Waals surface area contributed by atoms with E-state index >= 15 is 0 Å². The summed E-state index contributed by atoms with van der Waals surface area (Å²) in [6, 6.07) is 3.41. The molecule has 11 heteroatoms. The molecule has 0 aromatic heterocycles. The molecular weight excluding hydrogens is 474 g/mol. The number of halogens is 8. The van der Waals surface area contributed by atoms with E-state index in [2.05, 4.69) is 0 Å². The van der Waals surface area contributed by atoms with Gasteiger partial charge in [0, 0.05) is 24.7 Å². The summed E-state index contributed by atoms with van der Waals surface area (Å²) >= 11 is 0. The summed E-state index contributed by atoms with van der Waals surface area (Å²) in [7, 11) is 0. The molecule has 3 unspecified atom stereocenters. The Morgan fingerprint density at radius 3 is 2.12 bits per heavy atom. The predicted octanol–water partition coefficient (Wildman–Crippen LogP) is 6.34. The van der Waals surface area contributed by atoms with Crippen molar-refractivity contribution < 1.29 is 45.0 Å². The Bertz CT molecular complexity index is 792. The molecule has 1 aromatic carbocycles. The highest BCUT2D eigenvalue weighted by Crippen LogP contribution is 2.45. The van der Waals surface area contributed by atoms with E-state index < -0.39 is 54.6 Å². The second-order valence-corrected chi connectivity index (χ2v) is 9.20. The van der Waals surface area contributed by atoms with Gasteiger partial charge in [-0.2, -0.15) is 35.1 Å². The highest BCUT2D eigenvalue weighted by molar-refractivity contribution is 5.32. The van der Waals surface area contributed by atoms with Gasteiger partial charge >= 0.3 is 18.3 Å². The average Bonchev–Trinajstić information content (AvgIpc) is 3.25. The van der Waals surface area contributed by atoms with E-state index in [1.54, 1.807) is 0 Å². The number of alkyl halides is 8. The maximum absolute atomic E-state index is 14.2. The van der Waals surface area contributed by atoms with Crippen LogP contribution in [0.5, 0.6) is 0 Å². The number of ether oxygens (including phenoxy) is 1. The van der Waals surface area contributed by atoms with Crippen molar-refractivity contribution in [1.29, 1.82) is 0 Å². The van der Waals surface area contributed by atoms with Gasteiger partial charge in [-0.3, -0.25) is 4.90 Å². The van der Waals surface area contributed by atoms with Gasteiger partial charge < -0.3 is 9.84 Å². The Hall–Kier alpha value is -1.46. The quantitative estimate of drug-likeness (QED) is 0.421. The summed E-state index contributed by atoms with van der Waals surface area (Å²) in [5.74, 6) is -5.17. The Labute approximate surface area is 193 Å². The van der Waals surface area contributed by atoms with Crippen molar-refractivity contribution in [2.24, 2.45) is 0 Å². The summed E-state index contributed by atoms with van der Waals surface area (Å²) in [4.78, 5) is 1.17. The van der Waals surface area contributed by atoms with Crippen LogP contribution >= 0.6 is 0 Å². The molecule has 0 bridgehead atoms. The lowest BCUT2D eigenvalue weighted by Gasteiger charge is -2.39. The minimum absolute atomic E-state index is 0.0733. The third-order valence-corrected chi connectivity index (χ3v) is 6.67. The van der Waals surface area contributed by atoms with E-state index in [9.17, 15) is 40.2 Å². The van der Waals surface area contributed by atoms with E-state index in [0.717, 1.165) is 37.8 Å². The van der Waals surface area contributed by atoms with Crippen molar-refractivity contribution in [3.8, 4) is 0 Å². The lowest BCUT2D eigenvalue weighted by atomic mass is 9.90. The summed E-state index contributed by atoms with van der Waals surface area (Å²) in [5.41, 5.74) is -1.73. The van der Waals surface area contributed by atoms with Gasteiger partial charge in [0.1, 0.15) is 0 Å². The molecule has 0 amide bonds. The largest absolute Gasteiger partial charge is 0.458 e. The van der Waals surface area contributed by atoms with Gasteiger partial charge in [-0.05, 0) is 44.1 Å². The molecule has 0 aliphatic heterocycles. The second-order valence-electron chi connectivity index (χ2n) is 9.20. The van der Waals surface area contributed by atoms with Crippen LogP contribution in [0, 0.1) is 0 Å². The van der Waals surface area contributed by atoms with Crippen LogP contribution in [-0.2, 0) is 17.2 Å². The molecule has 2 aliphatic carbocycles. The maximum atomic E-state index is 14.2. The van der Waals surface area contributed by atoms with Crippen LogP contribution in [0.4, 0.5) is 35.1 Å². The average molecular weight is 503 g/mol. The molecule has 3 nitrogen and oxygen atoms in total. The molecule has 1 N–H and O–H groups in total. The van der Waals surface area contributed by atoms with E-state index in [1.165, 1.54) is 11.0 Å². The molecule has 0 heterocycles. The minimum Gasteiger partial charge on any atom is -0.382 e. The Morgan fingerprint density at radius 2 is 1.50 bits per heavy atom. The SMILES string of the molecule is OC(CN(Cc1ccccc1C(F)(F)C(F)(F)F)C1CCCC(OC2CCCC2)C1)C(F)(F)F. The van der Waals surface area contributed by atoms with Crippen LogP contribution in [0.25, 0.3) is 0 Å². The third-order valence-electron chi connectivity index (χ3n) is 6.67. The Morgan fingerprint density at radius 1 is 0.882 bits per heavy atom. The molecule has 2 aliphatic rings. The molecule has 3 rings (SSSR count). The van der Waals surface area contributed by atoms with Crippen LogP contribution in [-0.4, -0.2) is 53.3 Å². The fourth-order valence-corrected chi connectivity index (χ4v) is 4.88. The minimum atomic E-state index is -5.86. The lowest BCUT2D eigenvalue weighted by molar-refractivity contribution is -0.289. The van der Waals surface area contributed by atoms with Crippen molar-refractivity contribution in [1.82, 2.24) is 4.90 Å². The van der Waals surface area contributed by atoms with E-state index in [0.29, 0.717) is 31.7 Å². The Balaban J connectivity index is 1.84. The van der Waals surface area contributed by atoms with E-state index in [-0.39, 0.29) is 12.2 Å². The summed E-state index contributed by atoms with van der Waals surface area (Å²) < 4.78 is 113. The van der Waals surface area contributed by atoms with Gasteiger partial charge in [0.05, 0.1) is 12.2 Å². The summed E-state index contributed by atoms with van der Waals surface area (Å²) in [6.07, 6.45) is -7.81. The molecule has 0 saturated heterocycles. The molecule has 194 valence electrons. The standard InChI is InChI=1S/C23H29F8NO2/c24-21(25,23(29,30)31)19-11-4-1-6-15(19)13-32(14-20(33)22(26,27)28)16-7-5-10-18(12-16)34-17-8-2-3-9-17/h1,4,6,11,16-18,20,33H,2-3,5,7-10,12-14H2. The first-order chi connectivity index (χ1) is 15.8.